The van der Waals surface area contributed by atoms with Crippen LogP contribution in [0.25, 0.3) is 0 Å². The predicted molar refractivity (Wildman–Crippen MR) is 65.8 cm³/mol. The van der Waals surface area contributed by atoms with Gasteiger partial charge in [0.15, 0.2) is 0 Å². The Morgan fingerprint density at radius 2 is 2.19 bits per heavy atom. The first-order chi connectivity index (χ1) is 7.78. The van der Waals surface area contributed by atoms with Gasteiger partial charge in [-0.25, -0.2) is 4.98 Å². The van der Waals surface area contributed by atoms with Crippen LogP contribution in [0, 0.1) is 5.41 Å². The average molecular weight is 241 g/mol. The number of hydrogen-bond donors (Lipinski definition) is 2. The van der Waals surface area contributed by atoms with Gasteiger partial charge in [0.25, 0.3) is 0 Å². The number of aliphatic hydroxyl groups is 1. The Labute approximate surface area is 100 Å². The highest BCUT2D eigenvalue weighted by Gasteiger charge is 2.33. The maximum absolute atomic E-state index is 9.47. The molecule has 0 spiro atoms. The SMILES string of the molecule is CCc1nsc(NCC2(CO)CCCC2)n1. The van der Waals surface area contributed by atoms with Gasteiger partial charge in [-0.3, -0.25) is 0 Å². The molecule has 5 heteroatoms. The van der Waals surface area contributed by atoms with Crippen LogP contribution < -0.4 is 5.32 Å². The number of nitrogens with zero attached hydrogens (tertiary/aromatic N) is 2. The highest BCUT2D eigenvalue weighted by Crippen LogP contribution is 2.37. The molecule has 1 aromatic heterocycles. The van der Waals surface area contributed by atoms with Crippen LogP contribution in [-0.2, 0) is 6.42 Å². The Hall–Kier alpha value is -0.680. The Kier molecular flexibility index (Phi) is 3.76. The summed E-state index contributed by atoms with van der Waals surface area (Å²) in [6.45, 7) is 3.15. The fraction of sp³-hybridized carbons (Fsp3) is 0.818. The van der Waals surface area contributed by atoms with E-state index >= 15 is 0 Å². The summed E-state index contributed by atoms with van der Waals surface area (Å²) in [6.07, 6.45) is 5.59. The van der Waals surface area contributed by atoms with Crippen LogP contribution in [0.4, 0.5) is 5.13 Å². The van der Waals surface area contributed by atoms with Crippen molar-refractivity contribution in [3.05, 3.63) is 5.82 Å². The summed E-state index contributed by atoms with van der Waals surface area (Å²) in [5.74, 6) is 0.900. The van der Waals surface area contributed by atoms with Crippen molar-refractivity contribution in [1.29, 1.82) is 0 Å². The topological polar surface area (TPSA) is 58.0 Å². The molecular weight excluding hydrogens is 222 g/mol. The molecular formula is C11H19N3OS. The van der Waals surface area contributed by atoms with E-state index in [1.54, 1.807) is 0 Å². The van der Waals surface area contributed by atoms with Crippen molar-refractivity contribution < 1.29 is 5.11 Å². The zero-order chi connectivity index (χ0) is 11.4. The highest BCUT2D eigenvalue weighted by atomic mass is 32.1. The highest BCUT2D eigenvalue weighted by molar-refractivity contribution is 7.09. The summed E-state index contributed by atoms with van der Waals surface area (Å²) in [6, 6.07) is 0. The smallest absolute Gasteiger partial charge is 0.202 e. The number of aromatic nitrogens is 2. The largest absolute Gasteiger partial charge is 0.396 e. The fourth-order valence-electron chi connectivity index (χ4n) is 2.25. The van der Waals surface area contributed by atoms with Gasteiger partial charge in [-0.2, -0.15) is 4.37 Å². The molecule has 1 aliphatic rings. The van der Waals surface area contributed by atoms with Crippen molar-refractivity contribution in [1.82, 2.24) is 9.36 Å². The molecule has 1 aromatic rings. The first-order valence-corrected chi connectivity index (χ1v) is 6.73. The van der Waals surface area contributed by atoms with E-state index in [9.17, 15) is 5.11 Å². The molecule has 1 fully saturated rings. The second kappa shape index (κ2) is 5.10. The van der Waals surface area contributed by atoms with Crippen LogP contribution in [0.5, 0.6) is 0 Å². The molecule has 0 atom stereocenters. The molecule has 0 radical (unpaired) electrons. The molecule has 1 heterocycles. The minimum Gasteiger partial charge on any atom is -0.396 e. The van der Waals surface area contributed by atoms with E-state index in [4.69, 9.17) is 0 Å². The lowest BCUT2D eigenvalue weighted by Crippen LogP contribution is -2.30. The van der Waals surface area contributed by atoms with Crippen LogP contribution >= 0.6 is 11.5 Å². The third-order valence-electron chi connectivity index (χ3n) is 3.40. The summed E-state index contributed by atoms with van der Waals surface area (Å²) in [5, 5.41) is 13.7. The minimum atomic E-state index is 0.0814. The lowest BCUT2D eigenvalue weighted by atomic mass is 9.87. The van der Waals surface area contributed by atoms with Gasteiger partial charge >= 0.3 is 0 Å². The van der Waals surface area contributed by atoms with Gasteiger partial charge in [0, 0.05) is 29.9 Å². The molecule has 90 valence electrons. The predicted octanol–water partition coefficient (Wildman–Crippen LogP) is 2.07. The summed E-state index contributed by atoms with van der Waals surface area (Å²) in [5.41, 5.74) is 0.0814. The average Bonchev–Trinajstić information content (AvgIpc) is 2.96. The van der Waals surface area contributed by atoms with E-state index in [1.165, 1.54) is 24.4 Å². The Morgan fingerprint density at radius 3 is 2.75 bits per heavy atom. The molecule has 16 heavy (non-hydrogen) atoms. The van der Waals surface area contributed by atoms with E-state index in [0.717, 1.165) is 36.8 Å². The second-order valence-corrected chi connectivity index (χ2v) is 5.34. The minimum absolute atomic E-state index is 0.0814. The maximum Gasteiger partial charge on any atom is 0.202 e. The van der Waals surface area contributed by atoms with Crippen molar-refractivity contribution in [2.45, 2.75) is 39.0 Å². The van der Waals surface area contributed by atoms with Crippen molar-refractivity contribution in [3.63, 3.8) is 0 Å². The third-order valence-corrected chi connectivity index (χ3v) is 4.11. The zero-order valence-electron chi connectivity index (χ0n) is 9.70. The number of nitrogens with one attached hydrogen (secondary N) is 1. The van der Waals surface area contributed by atoms with Gasteiger partial charge in [0.1, 0.15) is 5.82 Å². The van der Waals surface area contributed by atoms with Crippen LogP contribution in [-0.4, -0.2) is 27.6 Å². The van der Waals surface area contributed by atoms with Gasteiger partial charge in [0.2, 0.25) is 5.13 Å². The number of aryl methyl sites for hydroxylation is 1. The van der Waals surface area contributed by atoms with Crippen LogP contribution in [0.15, 0.2) is 0 Å². The molecule has 4 nitrogen and oxygen atoms in total. The van der Waals surface area contributed by atoms with E-state index in [-0.39, 0.29) is 12.0 Å². The molecule has 2 N–H and O–H groups in total. The molecule has 0 unspecified atom stereocenters. The van der Waals surface area contributed by atoms with E-state index in [0.29, 0.717) is 0 Å². The van der Waals surface area contributed by atoms with E-state index < -0.39 is 0 Å². The van der Waals surface area contributed by atoms with Gasteiger partial charge in [-0.1, -0.05) is 19.8 Å². The standard InChI is InChI=1S/C11H19N3OS/c1-2-9-13-10(16-14-9)12-7-11(8-15)5-3-4-6-11/h15H,2-8H2,1H3,(H,12,13,14). The molecule has 0 aliphatic heterocycles. The van der Waals surface area contributed by atoms with Crippen LogP contribution in [0.1, 0.15) is 38.4 Å². The van der Waals surface area contributed by atoms with Crippen LogP contribution in [0.2, 0.25) is 0 Å². The Morgan fingerprint density at radius 1 is 1.44 bits per heavy atom. The van der Waals surface area contributed by atoms with Crippen molar-refractivity contribution in [2.75, 3.05) is 18.5 Å². The van der Waals surface area contributed by atoms with E-state index in [2.05, 4.69) is 21.6 Å². The molecule has 0 bridgehead atoms. The van der Waals surface area contributed by atoms with Crippen LogP contribution in [0.3, 0.4) is 0 Å². The van der Waals surface area contributed by atoms with Crippen molar-refractivity contribution in [2.24, 2.45) is 5.41 Å². The summed E-state index contributed by atoms with van der Waals surface area (Å²) < 4.78 is 4.23. The van der Waals surface area contributed by atoms with Gasteiger partial charge in [-0.05, 0) is 12.8 Å². The molecule has 0 saturated heterocycles. The first kappa shape index (κ1) is 11.8. The van der Waals surface area contributed by atoms with Gasteiger partial charge in [0.05, 0.1) is 6.61 Å². The summed E-state index contributed by atoms with van der Waals surface area (Å²) >= 11 is 1.41. The zero-order valence-corrected chi connectivity index (χ0v) is 10.5. The molecule has 2 rings (SSSR count). The number of rotatable bonds is 5. The monoisotopic (exact) mass is 241 g/mol. The first-order valence-electron chi connectivity index (χ1n) is 5.95. The lowest BCUT2D eigenvalue weighted by Gasteiger charge is -2.26. The molecule has 1 aliphatic carbocycles. The normalized spacial score (nSPS) is 18.9. The maximum atomic E-state index is 9.47. The van der Waals surface area contributed by atoms with Gasteiger partial charge in [-0.15, -0.1) is 0 Å². The van der Waals surface area contributed by atoms with Gasteiger partial charge < -0.3 is 10.4 Å². The number of hydrogen-bond acceptors (Lipinski definition) is 5. The second-order valence-electron chi connectivity index (χ2n) is 4.59. The Bertz CT molecular complexity index is 334. The Balaban J connectivity index is 1.90. The number of anilines is 1. The molecule has 0 amide bonds. The molecule has 0 aromatic carbocycles. The fourth-order valence-corrected chi connectivity index (χ4v) is 2.89. The quantitative estimate of drug-likeness (QED) is 0.828. The lowest BCUT2D eigenvalue weighted by molar-refractivity contribution is 0.142. The summed E-state index contributed by atoms with van der Waals surface area (Å²) in [4.78, 5) is 4.37. The number of aliphatic hydroxyl groups excluding tert-OH is 1. The molecule has 1 saturated carbocycles. The van der Waals surface area contributed by atoms with E-state index in [1.807, 2.05) is 0 Å². The van der Waals surface area contributed by atoms with Crippen molar-refractivity contribution in [3.8, 4) is 0 Å². The summed E-state index contributed by atoms with van der Waals surface area (Å²) in [7, 11) is 0. The third kappa shape index (κ3) is 2.52. The van der Waals surface area contributed by atoms with Crippen molar-refractivity contribution >= 4 is 16.7 Å².